The molecule has 1 amide bonds. The van der Waals surface area contributed by atoms with Crippen molar-refractivity contribution >= 4 is 30.7 Å². The molecule has 2 aliphatic rings. The van der Waals surface area contributed by atoms with Gasteiger partial charge in [-0.3, -0.25) is 4.79 Å². The number of piperidine rings is 1. The van der Waals surface area contributed by atoms with Crippen LogP contribution < -0.4 is 5.73 Å². The summed E-state index contributed by atoms with van der Waals surface area (Å²) in [6, 6.07) is 9.64. The average Bonchev–Trinajstić information content (AvgIpc) is 3.16. The minimum absolute atomic E-state index is 0. The molecule has 0 spiro atoms. The Hall–Kier alpha value is -0.850. The third kappa shape index (κ3) is 7.59. The molecule has 7 heteroatoms. The molecule has 2 saturated heterocycles. The summed E-state index contributed by atoms with van der Waals surface area (Å²) in [4.78, 5) is 16.9. The van der Waals surface area contributed by atoms with Gasteiger partial charge < -0.3 is 20.3 Å². The highest BCUT2D eigenvalue weighted by atomic mass is 35.5. The number of hydrogen-bond acceptors (Lipinski definition) is 4. The lowest BCUT2D eigenvalue weighted by molar-refractivity contribution is -0.134. The maximum absolute atomic E-state index is 12.5. The first-order chi connectivity index (χ1) is 12.2. The third-order valence-electron chi connectivity index (χ3n) is 5.38. The van der Waals surface area contributed by atoms with Gasteiger partial charge >= 0.3 is 0 Å². The molecule has 2 aliphatic heterocycles. The van der Waals surface area contributed by atoms with Crippen LogP contribution in [0.25, 0.3) is 0 Å². The lowest BCUT2D eigenvalue weighted by Crippen LogP contribution is -2.42. The van der Waals surface area contributed by atoms with Gasteiger partial charge in [0.1, 0.15) is 0 Å². The lowest BCUT2D eigenvalue weighted by Gasteiger charge is -2.33. The van der Waals surface area contributed by atoms with Crippen LogP contribution in [-0.4, -0.2) is 61.1 Å². The van der Waals surface area contributed by atoms with Crippen LogP contribution in [0.4, 0.5) is 0 Å². The first-order valence-corrected chi connectivity index (χ1v) is 9.64. The summed E-state index contributed by atoms with van der Waals surface area (Å²) in [5.74, 6) is 0.159. The molecule has 0 aliphatic carbocycles. The van der Waals surface area contributed by atoms with Crippen molar-refractivity contribution in [1.29, 1.82) is 0 Å². The molecule has 0 aromatic heterocycles. The van der Waals surface area contributed by atoms with E-state index < -0.39 is 0 Å². The van der Waals surface area contributed by atoms with Crippen LogP contribution in [-0.2, 0) is 9.53 Å². The summed E-state index contributed by atoms with van der Waals surface area (Å²) in [6.07, 6.45) is 5.20. The highest BCUT2D eigenvalue weighted by Gasteiger charge is 2.24. The SMILES string of the molecule is Cl.Cl.NC(CC(=O)N1CCC(OCCN2CCCC2)CC1)c1ccccc1. The monoisotopic (exact) mass is 417 g/mol. The largest absolute Gasteiger partial charge is 0.377 e. The average molecular weight is 418 g/mol. The fourth-order valence-electron chi connectivity index (χ4n) is 3.76. The topological polar surface area (TPSA) is 58.8 Å². The molecule has 154 valence electrons. The number of hydrogen-bond donors (Lipinski definition) is 1. The standard InChI is InChI=1S/C20H31N3O2.2ClH/c21-19(17-6-2-1-3-7-17)16-20(24)23-12-8-18(9-13-23)25-15-14-22-10-4-5-11-22;;/h1-3,6-7,18-19H,4-5,8-16,21H2;2*1H. The van der Waals surface area contributed by atoms with Crippen molar-refractivity contribution in [1.82, 2.24) is 9.80 Å². The van der Waals surface area contributed by atoms with Gasteiger partial charge in [-0.15, -0.1) is 24.8 Å². The summed E-state index contributed by atoms with van der Waals surface area (Å²) in [6.45, 7) is 5.88. The number of nitrogens with two attached hydrogens (primary N) is 1. The van der Waals surface area contributed by atoms with Gasteiger partial charge in [0, 0.05) is 32.1 Å². The smallest absolute Gasteiger partial charge is 0.224 e. The van der Waals surface area contributed by atoms with E-state index in [1.54, 1.807) is 0 Å². The number of benzene rings is 1. The quantitative estimate of drug-likeness (QED) is 0.740. The zero-order valence-electron chi connectivity index (χ0n) is 15.9. The molecule has 2 heterocycles. The molecule has 2 N–H and O–H groups in total. The van der Waals surface area contributed by atoms with Crippen LogP contribution in [0.5, 0.6) is 0 Å². The normalized spacial score (nSPS) is 19.2. The number of ether oxygens (including phenoxy) is 1. The van der Waals surface area contributed by atoms with Crippen molar-refractivity contribution in [2.24, 2.45) is 5.73 Å². The second-order valence-corrected chi connectivity index (χ2v) is 7.22. The van der Waals surface area contributed by atoms with Crippen LogP contribution in [0.1, 0.15) is 43.7 Å². The van der Waals surface area contributed by atoms with E-state index in [9.17, 15) is 4.79 Å². The van der Waals surface area contributed by atoms with Gasteiger partial charge in [0.2, 0.25) is 5.91 Å². The highest BCUT2D eigenvalue weighted by molar-refractivity contribution is 5.85. The summed E-state index contributed by atoms with van der Waals surface area (Å²) < 4.78 is 6.02. The number of carbonyl (C=O) groups is 1. The number of likely N-dealkylation sites (tertiary alicyclic amines) is 2. The van der Waals surface area contributed by atoms with Crippen LogP contribution in [0.3, 0.4) is 0 Å². The number of carbonyl (C=O) groups excluding carboxylic acids is 1. The van der Waals surface area contributed by atoms with Gasteiger partial charge in [0.25, 0.3) is 0 Å². The van der Waals surface area contributed by atoms with Crippen molar-refractivity contribution < 1.29 is 9.53 Å². The van der Waals surface area contributed by atoms with Crippen molar-refractivity contribution in [3.63, 3.8) is 0 Å². The predicted octanol–water partition coefficient (Wildman–Crippen LogP) is 3.02. The Morgan fingerprint density at radius 3 is 2.33 bits per heavy atom. The highest BCUT2D eigenvalue weighted by Crippen LogP contribution is 2.19. The van der Waals surface area contributed by atoms with Gasteiger partial charge in [-0.05, 0) is 44.3 Å². The molecule has 1 unspecified atom stereocenters. The lowest BCUT2D eigenvalue weighted by atomic mass is 10.0. The Labute approximate surface area is 175 Å². The molecular weight excluding hydrogens is 385 g/mol. The minimum Gasteiger partial charge on any atom is -0.377 e. The van der Waals surface area contributed by atoms with Crippen molar-refractivity contribution in [3.8, 4) is 0 Å². The zero-order chi connectivity index (χ0) is 17.5. The van der Waals surface area contributed by atoms with E-state index >= 15 is 0 Å². The second kappa shape index (κ2) is 12.6. The van der Waals surface area contributed by atoms with Crippen molar-refractivity contribution in [2.75, 3.05) is 39.3 Å². The maximum atomic E-state index is 12.5. The van der Waals surface area contributed by atoms with Crippen molar-refractivity contribution in [2.45, 2.75) is 44.2 Å². The fourth-order valence-corrected chi connectivity index (χ4v) is 3.76. The minimum atomic E-state index is -0.219. The van der Waals surface area contributed by atoms with Gasteiger partial charge in [0.05, 0.1) is 12.7 Å². The first-order valence-electron chi connectivity index (χ1n) is 9.64. The number of amides is 1. The van der Waals surface area contributed by atoms with E-state index in [1.807, 2.05) is 35.2 Å². The zero-order valence-corrected chi connectivity index (χ0v) is 17.6. The van der Waals surface area contributed by atoms with E-state index in [0.717, 1.165) is 44.6 Å². The maximum Gasteiger partial charge on any atom is 0.224 e. The van der Waals surface area contributed by atoms with Gasteiger partial charge in [-0.2, -0.15) is 0 Å². The predicted molar refractivity (Wildman–Crippen MR) is 114 cm³/mol. The number of rotatable bonds is 7. The van der Waals surface area contributed by atoms with Crippen LogP contribution in [0, 0.1) is 0 Å². The number of nitrogens with zero attached hydrogens (tertiary/aromatic N) is 2. The van der Waals surface area contributed by atoms with Gasteiger partial charge in [-0.1, -0.05) is 30.3 Å². The third-order valence-corrected chi connectivity index (χ3v) is 5.38. The Morgan fingerprint density at radius 2 is 1.70 bits per heavy atom. The van der Waals surface area contributed by atoms with Gasteiger partial charge in [-0.25, -0.2) is 0 Å². The summed E-state index contributed by atoms with van der Waals surface area (Å²) in [7, 11) is 0. The molecule has 0 bridgehead atoms. The molecule has 1 atom stereocenters. The molecule has 0 saturated carbocycles. The fraction of sp³-hybridized carbons (Fsp3) is 0.650. The van der Waals surface area contributed by atoms with E-state index in [4.69, 9.17) is 10.5 Å². The van der Waals surface area contributed by atoms with Crippen LogP contribution >= 0.6 is 24.8 Å². The molecule has 0 radical (unpaired) electrons. The molecule has 3 rings (SSSR count). The summed E-state index contributed by atoms with van der Waals surface area (Å²) in [5, 5.41) is 0. The Bertz CT molecular complexity index is 533. The molecule has 27 heavy (non-hydrogen) atoms. The van der Waals surface area contributed by atoms with Crippen LogP contribution in [0.2, 0.25) is 0 Å². The Morgan fingerprint density at radius 1 is 1.07 bits per heavy atom. The van der Waals surface area contributed by atoms with E-state index in [-0.39, 0.29) is 36.8 Å². The van der Waals surface area contributed by atoms with E-state index in [1.165, 1.54) is 25.9 Å². The summed E-state index contributed by atoms with van der Waals surface area (Å²) >= 11 is 0. The number of halogens is 2. The molecule has 1 aromatic rings. The second-order valence-electron chi connectivity index (χ2n) is 7.22. The molecule has 2 fully saturated rings. The van der Waals surface area contributed by atoms with E-state index in [0.29, 0.717) is 12.5 Å². The molecule has 1 aromatic carbocycles. The summed E-state index contributed by atoms with van der Waals surface area (Å²) in [5.41, 5.74) is 7.20. The van der Waals surface area contributed by atoms with Gasteiger partial charge in [0.15, 0.2) is 0 Å². The van der Waals surface area contributed by atoms with E-state index in [2.05, 4.69) is 4.90 Å². The van der Waals surface area contributed by atoms with Crippen LogP contribution in [0.15, 0.2) is 30.3 Å². The van der Waals surface area contributed by atoms with Crippen molar-refractivity contribution in [3.05, 3.63) is 35.9 Å². The first kappa shape index (κ1) is 24.2. The Balaban J connectivity index is 0.00000182. The Kier molecular flexibility index (Phi) is 11.3. The molecular formula is C20H33Cl2N3O2. The molecule has 5 nitrogen and oxygen atoms in total.